The van der Waals surface area contributed by atoms with Gasteiger partial charge < -0.3 is 21.3 Å². The lowest BCUT2D eigenvalue weighted by Gasteiger charge is -2.25. The summed E-state index contributed by atoms with van der Waals surface area (Å²) in [6.45, 7) is 6.49. The van der Waals surface area contributed by atoms with E-state index in [0.717, 1.165) is 19.6 Å². The van der Waals surface area contributed by atoms with Gasteiger partial charge in [0.1, 0.15) is 0 Å². The zero-order valence-corrected chi connectivity index (χ0v) is 37.6. The molecule has 0 amide bonds. The topological polar surface area (TPSA) is 58.5 Å². The summed E-state index contributed by atoms with van der Waals surface area (Å²) in [7, 11) is 0. The Labute approximate surface area is 351 Å². The van der Waals surface area contributed by atoms with E-state index in [9.17, 15) is 0 Å². The molecule has 4 N–H and O–H groups in total. The molecule has 4 heteroatoms. The summed E-state index contributed by atoms with van der Waals surface area (Å²) in [5, 5.41) is 0. The molecule has 0 radical (unpaired) electrons. The second-order valence-corrected chi connectivity index (χ2v) is 18.0. The van der Waals surface area contributed by atoms with Gasteiger partial charge in [-0.1, -0.05) is 216 Å². The van der Waals surface area contributed by atoms with Crippen molar-refractivity contribution >= 4 is 0 Å². The number of hydrogen-bond donors (Lipinski definition) is 2. The molecule has 2 heterocycles. The zero-order chi connectivity index (χ0) is 39.7. The molecule has 0 fully saturated rings. The van der Waals surface area contributed by atoms with E-state index in [1.807, 2.05) is 0 Å². The summed E-state index contributed by atoms with van der Waals surface area (Å²) in [5.41, 5.74) is 14.4. The molecule has 0 atom stereocenters. The van der Waals surface area contributed by atoms with Crippen LogP contribution in [0.25, 0.3) is 0 Å². The first kappa shape index (κ1) is 50.6. The van der Waals surface area contributed by atoms with Gasteiger partial charge in [-0.15, -0.1) is 0 Å². The Bertz CT molecular complexity index is 950. The average molecular weight is 779 g/mol. The van der Waals surface area contributed by atoms with E-state index in [2.05, 4.69) is 46.5 Å². The minimum absolute atomic E-state index is 0.864. The fourth-order valence-electron chi connectivity index (χ4n) is 8.86. The third-order valence-electron chi connectivity index (χ3n) is 12.6. The van der Waals surface area contributed by atoms with Crippen molar-refractivity contribution in [1.29, 1.82) is 0 Å². The lowest BCUT2D eigenvalue weighted by Crippen LogP contribution is -2.23. The first-order chi connectivity index (χ1) is 27.8. The van der Waals surface area contributed by atoms with Crippen LogP contribution >= 0.6 is 0 Å². The summed E-state index contributed by atoms with van der Waals surface area (Å²) in [6.07, 6.45) is 67.3. The van der Waals surface area contributed by atoms with Crippen LogP contribution in [0.3, 0.4) is 0 Å². The van der Waals surface area contributed by atoms with Gasteiger partial charge in [0.05, 0.1) is 0 Å². The Morgan fingerprint density at radius 2 is 0.750 bits per heavy atom. The fraction of sp³-hybridized carbons (Fsp3) is 0.846. The number of nitrogens with zero attached hydrogens (tertiary/aromatic N) is 2. The van der Waals surface area contributed by atoms with Gasteiger partial charge in [0.2, 0.25) is 0 Å². The largest absolute Gasteiger partial charge is 0.373 e. The Morgan fingerprint density at radius 3 is 1.18 bits per heavy atom. The summed E-state index contributed by atoms with van der Waals surface area (Å²) < 4.78 is 0. The molecule has 0 saturated heterocycles. The van der Waals surface area contributed by atoms with Gasteiger partial charge >= 0.3 is 0 Å². The number of allylic oxidation sites excluding steroid dienone is 4. The minimum atomic E-state index is 0.864. The lowest BCUT2D eigenvalue weighted by atomic mass is 10.0. The minimum Gasteiger partial charge on any atom is -0.373 e. The molecule has 2 aliphatic heterocycles. The summed E-state index contributed by atoms with van der Waals surface area (Å²) in [4.78, 5) is 5.14. The molecule has 2 rings (SSSR count). The van der Waals surface area contributed by atoms with Crippen molar-refractivity contribution < 1.29 is 0 Å². The third-order valence-corrected chi connectivity index (χ3v) is 12.6. The SMILES string of the molecule is NCCCCCCCCCCCCCCCCN1C=CC=C(CCCCCCCCCCCCC2=CN(CCCCCCCCCCCCCCN)CC=C2)C1. The molecular weight excluding hydrogens is 681 g/mol. The predicted molar refractivity (Wildman–Crippen MR) is 251 cm³/mol. The van der Waals surface area contributed by atoms with Crippen molar-refractivity contribution in [3.63, 3.8) is 0 Å². The highest BCUT2D eigenvalue weighted by atomic mass is 15.1. The number of rotatable bonds is 43. The van der Waals surface area contributed by atoms with E-state index >= 15 is 0 Å². The molecule has 0 aliphatic carbocycles. The van der Waals surface area contributed by atoms with Crippen LogP contribution in [0, 0.1) is 0 Å². The van der Waals surface area contributed by atoms with Gasteiger partial charge in [-0.25, -0.2) is 0 Å². The smallest absolute Gasteiger partial charge is 0.0386 e. The quantitative estimate of drug-likeness (QED) is 0.0605. The monoisotopic (exact) mass is 779 g/mol. The number of unbranched alkanes of at least 4 members (excludes halogenated alkanes) is 33. The standard InChI is InChI=1S/C52H98N4/c53-43-33-27-21-15-9-3-1-2-5-11-17-23-29-35-45-55-47-37-41-51(49-55)39-31-25-19-13-7-8-14-20-26-32-40-52-42-38-48-56(50-52)46-36-30-24-18-12-6-4-10-16-22-28-34-44-54/h37-38,41-42,47,50H,1-36,39-40,43-46,48-49,53-54H2. The van der Waals surface area contributed by atoms with Gasteiger partial charge in [0.25, 0.3) is 0 Å². The Morgan fingerprint density at radius 1 is 0.393 bits per heavy atom. The van der Waals surface area contributed by atoms with E-state index in [4.69, 9.17) is 11.5 Å². The molecule has 0 spiro atoms. The molecule has 4 nitrogen and oxygen atoms in total. The van der Waals surface area contributed by atoms with E-state index < -0.39 is 0 Å². The molecule has 0 aromatic heterocycles. The maximum absolute atomic E-state index is 5.58. The van der Waals surface area contributed by atoms with Crippen molar-refractivity contribution in [3.8, 4) is 0 Å². The van der Waals surface area contributed by atoms with Gasteiger partial charge in [-0.05, 0) is 82.3 Å². The van der Waals surface area contributed by atoms with E-state index in [1.165, 1.54) is 264 Å². The van der Waals surface area contributed by atoms with Crippen molar-refractivity contribution in [1.82, 2.24) is 9.80 Å². The van der Waals surface area contributed by atoms with Crippen molar-refractivity contribution in [2.45, 2.75) is 244 Å². The van der Waals surface area contributed by atoms with Crippen LogP contribution in [-0.2, 0) is 0 Å². The van der Waals surface area contributed by atoms with E-state index in [1.54, 1.807) is 11.1 Å². The molecule has 0 unspecified atom stereocenters. The van der Waals surface area contributed by atoms with Crippen molar-refractivity contribution in [2.24, 2.45) is 11.5 Å². The van der Waals surface area contributed by atoms with Gasteiger partial charge in [0.15, 0.2) is 0 Å². The van der Waals surface area contributed by atoms with Crippen LogP contribution < -0.4 is 11.5 Å². The second kappa shape index (κ2) is 40.3. The highest BCUT2D eigenvalue weighted by Gasteiger charge is 2.08. The fourth-order valence-corrected chi connectivity index (χ4v) is 8.86. The molecule has 326 valence electrons. The zero-order valence-electron chi connectivity index (χ0n) is 37.6. The van der Waals surface area contributed by atoms with Crippen LogP contribution in [0.4, 0.5) is 0 Å². The Balaban J connectivity index is 1.29. The first-order valence-corrected chi connectivity index (χ1v) is 25.4. The second-order valence-electron chi connectivity index (χ2n) is 18.0. The third kappa shape index (κ3) is 32.4. The van der Waals surface area contributed by atoms with Crippen molar-refractivity contribution in [3.05, 3.63) is 47.9 Å². The normalized spacial score (nSPS) is 14.2. The van der Waals surface area contributed by atoms with Crippen LogP contribution in [0.2, 0.25) is 0 Å². The highest BCUT2D eigenvalue weighted by Crippen LogP contribution is 2.20. The van der Waals surface area contributed by atoms with Gasteiger partial charge in [-0.3, -0.25) is 0 Å². The Hall–Kier alpha value is -1.52. The summed E-state index contributed by atoms with van der Waals surface area (Å²) >= 11 is 0. The van der Waals surface area contributed by atoms with Crippen molar-refractivity contribution in [2.75, 3.05) is 39.3 Å². The summed E-state index contributed by atoms with van der Waals surface area (Å²) in [6, 6.07) is 0. The summed E-state index contributed by atoms with van der Waals surface area (Å²) in [5.74, 6) is 0. The van der Waals surface area contributed by atoms with Crippen LogP contribution in [0.1, 0.15) is 244 Å². The molecule has 0 bridgehead atoms. The molecule has 0 aromatic rings. The van der Waals surface area contributed by atoms with Crippen LogP contribution in [0.5, 0.6) is 0 Å². The molecule has 2 aliphatic rings. The first-order valence-electron chi connectivity index (χ1n) is 25.4. The number of hydrogen-bond acceptors (Lipinski definition) is 4. The molecule has 56 heavy (non-hydrogen) atoms. The van der Waals surface area contributed by atoms with E-state index in [0.29, 0.717) is 0 Å². The lowest BCUT2D eigenvalue weighted by molar-refractivity contribution is 0.378. The van der Waals surface area contributed by atoms with Crippen LogP contribution in [-0.4, -0.2) is 49.1 Å². The molecule has 0 saturated carbocycles. The van der Waals surface area contributed by atoms with E-state index in [-0.39, 0.29) is 0 Å². The Kier molecular flexibility index (Phi) is 36.4. The van der Waals surface area contributed by atoms with Crippen LogP contribution in [0.15, 0.2) is 47.9 Å². The molecular formula is C52H98N4. The maximum Gasteiger partial charge on any atom is 0.0386 e. The van der Waals surface area contributed by atoms with Gasteiger partial charge in [0, 0.05) is 32.4 Å². The predicted octanol–water partition coefficient (Wildman–Crippen LogP) is 15.2. The number of nitrogens with two attached hydrogens (primary N) is 2. The average Bonchev–Trinajstić information content (AvgIpc) is 3.22. The highest BCUT2D eigenvalue weighted by molar-refractivity contribution is 5.22. The van der Waals surface area contributed by atoms with Gasteiger partial charge in [-0.2, -0.15) is 0 Å². The molecule has 0 aromatic carbocycles. The maximum atomic E-state index is 5.58.